The van der Waals surface area contributed by atoms with E-state index in [0.717, 1.165) is 29.9 Å². The average molecular weight is 295 g/mol. The molecule has 0 bridgehead atoms. The van der Waals surface area contributed by atoms with Crippen molar-refractivity contribution in [1.82, 2.24) is 5.32 Å². The summed E-state index contributed by atoms with van der Waals surface area (Å²) in [4.78, 5) is 0. The van der Waals surface area contributed by atoms with Crippen molar-refractivity contribution in [2.75, 3.05) is 27.4 Å². The van der Waals surface area contributed by atoms with Crippen LogP contribution in [0, 0.1) is 0 Å². The molecule has 1 aromatic carbocycles. The van der Waals surface area contributed by atoms with Gasteiger partial charge in [0.15, 0.2) is 11.5 Å². The lowest BCUT2D eigenvalue weighted by Gasteiger charge is -2.26. The average Bonchev–Trinajstić information content (AvgIpc) is 2.50. The summed E-state index contributed by atoms with van der Waals surface area (Å²) in [7, 11) is 3.73. The summed E-state index contributed by atoms with van der Waals surface area (Å²) in [6.07, 6.45) is 2.25. The highest BCUT2D eigenvalue weighted by atomic mass is 16.5. The second kappa shape index (κ2) is 9.64. The molecular weight excluding hydrogens is 266 g/mol. The minimum Gasteiger partial charge on any atom is -0.490 e. The molecule has 0 radical (unpaired) electrons. The Morgan fingerprint density at radius 3 is 2.24 bits per heavy atom. The van der Waals surface area contributed by atoms with Crippen LogP contribution in [-0.2, 0) is 4.74 Å². The largest absolute Gasteiger partial charge is 0.490 e. The molecule has 0 saturated carbocycles. The zero-order chi connectivity index (χ0) is 15.7. The Balaban J connectivity index is 3.06. The van der Waals surface area contributed by atoms with Crippen LogP contribution >= 0.6 is 0 Å². The van der Waals surface area contributed by atoms with Gasteiger partial charge in [-0.3, -0.25) is 0 Å². The predicted octanol–water partition coefficient (Wildman–Crippen LogP) is 3.56. The minimum atomic E-state index is 0.143. The fraction of sp³-hybridized carbons (Fsp3) is 0.647. The van der Waals surface area contributed by atoms with Crippen molar-refractivity contribution in [3.05, 3.63) is 23.8 Å². The fourth-order valence-corrected chi connectivity index (χ4v) is 2.53. The van der Waals surface area contributed by atoms with Crippen LogP contribution in [0.5, 0.6) is 11.5 Å². The summed E-state index contributed by atoms with van der Waals surface area (Å²) in [6.45, 7) is 7.37. The third-order valence-corrected chi connectivity index (χ3v) is 3.49. The van der Waals surface area contributed by atoms with Gasteiger partial charge in [0.1, 0.15) is 0 Å². The monoisotopic (exact) mass is 295 g/mol. The maximum atomic E-state index is 5.70. The van der Waals surface area contributed by atoms with Crippen molar-refractivity contribution in [3.63, 3.8) is 0 Å². The highest BCUT2D eigenvalue weighted by Crippen LogP contribution is 2.32. The van der Waals surface area contributed by atoms with Crippen molar-refractivity contribution in [2.24, 2.45) is 0 Å². The first-order chi connectivity index (χ1) is 10.2. The van der Waals surface area contributed by atoms with Gasteiger partial charge >= 0.3 is 0 Å². The van der Waals surface area contributed by atoms with Crippen LogP contribution in [0.25, 0.3) is 0 Å². The SMILES string of the molecule is CCCC(OC)C(NC)c1ccc(OCC)c(OCC)c1. The van der Waals surface area contributed by atoms with Crippen LogP contribution < -0.4 is 14.8 Å². The quantitative estimate of drug-likeness (QED) is 0.716. The van der Waals surface area contributed by atoms with E-state index in [4.69, 9.17) is 14.2 Å². The molecule has 2 atom stereocenters. The molecule has 0 aromatic heterocycles. The lowest BCUT2D eigenvalue weighted by Crippen LogP contribution is -2.31. The topological polar surface area (TPSA) is 39.7 Å². The predicted molar refractivity (Wildman–Crippen MR) is 86.3 cm³/mol. The maximum absolute atomic E-state index is 5.70. The first kappa shape index (κ1) is 17.8. The number of methoxy groups -OCH3 is 1. The Kier molecular flexibility index (Phi) is 8.16. The van der Waals surface area contributed by atoms with Crippen LogP contribution in [0.4, 0.5) is 0 Å². The van der Waals surface area contributed by atoms with Gasteiger partial charge in [0.05, 0.1) is 25.4 Å². The van der Waals surface area contributed by atoms with E-state index in [1.54, 1.807) is 7.11 Å². The molecule has 0 saturated heterocycles. The van der Waals surface area contributed by atoms with Crippen molar-refractivity contribution < 1.29 is 14.2 Å². The zero-order valence-electron chi connectivity index (χ0n) is 13.9. The molecule has 0 aliphatic heterocycles. The van der Waals surface area contributed by atoms with Gasteiger partial charge in [-0.25, -0.2) is 0 Å². The molecule has 2 unspecified atom stereocenters. The number of rotatable bonds is 10. The van der Waals surface area contributed by atoms with E-state index in [1.807, 2.05) is 27.0 Å². The molecule has 0 amide bonds. The Labute approximate surface area is 128 Å². The first-order valence-corrected chi connectivity index (χ1v) is 7.81. The first-order valence-electron chi connectivity index (χ1n) is 7.81. The van der Waals surface area contributed by atoms with Gasteiger partial charge in [0.25, 0.3) is 0 Å². The van der Waals surface area contributed by atoms with Gasteiger partial charge in [-0.2, -0.15) is 0 Å². The summed E-state index contributed by atoms with van der Waals surface area (Å²) in [5.74, 6) is 1.59. The summed E-state index contributed by atoms with van der Waals surface area (Å²) in [5.41, 5.74) is 1.16. The second-order valence-electron chi connectivity index (χ2n) is 4.90. The molecule has 4 nitrogen and oxygen atoms in total. The van der Waals surface area contributed by atoms with Gasteiger partial charge < -0.3 is 19.5 Å². The van der Waals surface area contributed by atoms with E-state index in [2.05, 4.69) is 24.4 Å². The van der Waals surface area contributed by atoms with Gasteiger partial charge in [-0.05, 0) is 45.0 Å². The Morgan fingerprint density at radius 2 is 1.71 bits per heavy atom. The van der Waals surface area contributed by atoms with Crippen molar-refractivity contribution >= 4 is 0 Å². The van der Waals surface area contributed by atoms with Crippen LogP contribution in [-0.4, -0.2) is 33.5 Å². The molecule has 4 heteroatoms. The van der Waals surface area contributed by atoms with Crippen molar-refractivity contribution in [1.29, 1.82) is 0 Å². The number of nitrogens with one attached hydrogen (secondary N) is 1. The Morgan fingerprint density at radius 1 is 1.05 bits per heavy atom. The third-order valence-electron chi connectivity index (χ3n) is 3.49. The van der Waals surface area contributed by atoms with E-state index in [9.17, 15) is 0 Å². The summed E-state index contributed by atoms with van der Waals surface area (Å²) in [5, 5.41) is 3.35. The fourth-order valence-electron chi connectivity index (χ4n) is 2.53. The van der Waals surface area contributed by atoms with E-state index >= 15 is 0 Å². The number of ether oxygens (including phenoxy) is 3. The van der Waals surface area contributed by atoms with Crippen LogP contribution in [0.15, 0.2) is 18.2 Å². The number of benzene rings is 1. The van der Waals surface area contributed by atoms with E-state index < -0.39 is 0 Å². The van der Waals surface area contributed by atoms with E-state index in [1.165, 1.54) is 0 Å². The smallest absolute Gasteiger partial charge is 0.161 e. The summed E-state index contributed by atoms with van der Waals surface area (Å²) < 4.78 is 17.0. The molecule has 1 aromatic rings. The molecule has 0 aliphatic rings. The number of hydrogen-bond acceptors (Lipinski definition) is 4. The highest BCUT2D eigenvalue weighted by molar-refractivity contribution is 5.44. The van der Waals surface area contributed by atoms with E-state index in [-0.39, 0.29) is 12.1 Å². The molecule has 21 heavy (non-hydrogen) atoms. The van der Waals surface area contributed by atoms with Crippen molar-refractivity contribution in [2.45, 2.75) is 45.8 Å². The molecular formula is C17H29NO3. The third kappa shape index (κ3) is 4.90. The molecule has 0 fully saturated rings. The number of hydrogen-bond donors (Lipinski definition) is 1. The molecule has 0 heterocycles. The zero-order valence-corrected chi connectivity index (χ0v) is 13.9. The van der Waals surface area contributed by atoms with Gasteiger partial charge in [-0.1, -0.05) is 19.4 Å². The maximum Gasteiger partial charge on any atom is 0.161 e. The summed E-state index contributed by atoms with van der Waals surface area (Å²) in [6, 6.07) is 6.26. The summed E-state index contributed by atoms with van der Waals surface area (Å²) >= 11 is 0. The lowest BCUT2D eigenvalue weighted by atomic mass is 9.98. The molecule has 120 valence electrons. The minimum absolute atomic E-state index is 0.143. The Hall–Kier alpha value is -1.26. The van der Waals surface area contributed by atoms with Crippen LogP contribution in [0.1, 0.15) is 45.2 Å². The van der Waals surface area contributed by atoms with Gasteiger partial charge in [-0.15, -0.1) is 0 Å². The normalized spacial score (nSPS) is 13.8. The highest BCUT2D eigenvalue weighted by Gasteiger charge is 2.22. The molecule has 1 rings (SSSR count). The lowest BCUT2D eigenvalue weighted by molar-refractivity contribution is 0.0629. The Bertz CT molecular complexity index is 409. The molecule has 1 N–H and O–H groups in total. The molecule has 0 aliphatic carbocycles. The van der Waals surface area contributed by atoms with Gasteiger partial charge in [0, 0.05) is 7.11 Å². The van der Waals surface area contributed by atoms with Crippen LogP contribution in [0.3, 0.4) is 0 Å². The molecule has 0 spiro atoms. The van der Waals surface area contributed by atoms with E-state index in [0.29, 0.717) is 13.2 Å². The number of likely N-dealkylation sites (N-methyl/N-ethyl adjacent to an activating group) is 1. The second-order valence-corrected chi connectivity index (χ2v) is 4.90. The van der Waals surface area contributed by atoms with Crippen LogP contribution in [0.2, 0.25) is 0 Å². The standard InChI is InChI=1S/C17H29NO3/c1-6-9-15(19-5)17(18-4)13-10-11-14(20-7-2)16(12-13)21-8-3/h10-12,15,17-18H,6-9H2,1-5H3. The van der Waals surface area contributed by atoms with Crippen molar-refractivity contribution in [3.8, 4) is 11.5 Å². The van der Waals surface area contributed by atoms with Gasteiger partial charge in [0.2, 0.25) is 0 Å².